The maximum Gasteiger partial charge on any atom is 0.358 e. The van der Waals surface area contributed by atoms with Crippen LogP contribution in [0.5, 0.6) is 0 Å². The summed E-state index contributed by atoms with van der Waals surface area (Å²) in [6.07, 6.45) is 0. The third-order valence-corrected chi connectivity index (χ3v) is 5.84. The summed E-state index contributed by atoms with van der Waals surface area (Å²) in [5.41, 5.74) is 0. The molecule has 2 N–H and O–H groups in total. The Morgan fingerprint density at radius 2 is 1.00 bits per heavy atom. The van der Waals surface area contributed by atoms with Crippen LogP contribution < -0.4 is 5.90 Å². The zero-order chi connectivity index (χ0) is 14.4. The van der Waals surface area contributed by atoms with Gasteiger partial charge in [0.25, 0.3) is 0 Å². The van der Waals surface area contributed by atoms with Crippen molar-refractivity contribution in [1.82, 2.24) is 9.34 Å². The second-order valence-corrected chi connectivity index (χ2v) is 6.51. The number of nitrogens with two attached hydrogens (primary N) is 1. The van der Waals surface area contributed by atoms with E-state index in [2.05, 4.69) is 4.62 Å². The first kappa shape index (κ1) is 15.0. The van der Waals surface area contributed by atoms with E-state index in [1.165, 1.54) is 0 Å². The predicted molar refractivity (Wildman–Crippen MR) is 73.5 cm³/mol. The van der Waals surface area contributed by atoms with Crippen molar-refractivity contribution in [3.05, 3.63) is 0 Å². The van der Waals surface area contributed by atoms with Gasteiger partial charge in [0.1, 0.15) is 0 Å². The van der Waals surface area contributed by atoms with Crippen LogP contribution in [0.15, 0.2) is 0 Å². The molecule has 2 rings (SSSR count). The summed E-state index contributed by atoms with van der Waals surface area (Å²) < 4.78 is 18.5. The van der Waals surface area contributed by atoms with Crippen LogP contribution in [0, 0.1) is 0 Å². The Hall–Kier alpha value is 0.589. The van der Waals surface area contributed by atoms with Crippen molar-refractivity contribution in [2.45, 2.75) is 21.4 Å². The molecule has 0 amide bonds. The van der Waals surface area contributed by atoms with Crippen molar-refractivity contribution < 1.29 is 9.19 Å². The molecule has 0 aromatic rings. The Labute approximate surface area is 116 Å². The summed E-state index contributed by atoms with van der Waals surface area (Å²) in [6.45, 7) is 0. The smallest absolute Gasteiger partial charge is 0.254 e. The minimum atomic E-state index is -4.16. The topological polar surface area (TPSA) is 58.3 Å². The van der Waals surface area contributed by atoms with Crippen molar-refractivity contribution in [3.8, 4) is 0 Å². The van der Waals surface area contributed by atoms with Gasteiger partial charge < -0.3 is 0 Å². The summed E-state index contributed by atoms with van der Waals surface area (Å²) >= 11 is 0. The summed E-state index contributed by atoms with van der Waals surface area (Å²) in [4.78, 5) is 0. The number of nitrogens with zero attached hydrogens (tertiary/aromatic N) is 2. The van der Waals surface area contributed by atoms with Crippen LogP contribution in [0.2, 0.25) is 0 Å². The molecule has 16 radical (unpaired) electrons. The van der Waals surface area contributed by atoms with Gasteiger partial charge in [0.2, 0.25) is 0 Å². The van der Waals surface area contributed by atoms with E-state index in [9.17, 15) is 4.57 Å². The molecule has 5 nitrogen and oxygen atoms in total. The van der Waals surface area contributed by atoms with E-state index < -0.39 is 29.0 Å². The Morgan fingerprint density at radius 1 is 0.778 bits per heavy atom. The van der Waals surface area contributed by atoms with Gasteiger partial charge in [-0.25, -0.2) is 19.9 Å². The van der Waals surface area contributed by atoms with Gasteiger partial charge in [0, 0.05) is 0 Å². The standard InChI is InChI=1S/C4H2B8N3O2P/c5-1(6)2(7,8)14(1)18(16,17-13)15-3(9,10)4(15,11)12/h13H2. The zero-order valence-electron chi connectivity index (χ0n) is 9.35. The molecule has 0 aromatic carbocycles. The summed E-state index contributed by atoms with van der Waals surface area (Å²) in [6, 6.07) is 0. The molecule has 0 aromatic heterocycles. The van der Waals surface area contributed by atoms with Crippen LogP contribution in [0.3, 0.4) is 0 Å². The molecule has 2 saturated heterocycles. The normalized spacial score (nSPS) is 31.8. The van der Waals surface area contributed by atoms with Crippen molar-refractivity contribution >= 4 is 70.4 Å². The van der Waals surface area contributed by atoms with Crippen LogP contribution in [-0.2, 0) is 9.19 Å². The van der Waals surface area contributed by atoms with Crippen molar-refractivity contribution in [3.63, 3.8) is 0 Å². The minimum absolute atomic E-state index is 0.711. The minimum Gasteiger partial charge on any atom is -0.254 e. The molecule has 0 spiro atoms. The average molecular weight is 242 g/mol. The molecule has 0 unspecified atom stereocenters. The second-order valence-electron chi connectivity index (χ2n) is 4.52. The number of hydrogen-bond donors (Lipinski definition) is 1. The van der Waals surface area contributed by atoms with Crippen molar-refractivity contribution in [1.29, 1.82) is 0 Å². The molecular formula is C4H2B8N3O2P. The van der Waals surface area contributed by atoms with Gasteiger partial charge in [-0.15, -0.1) is 0 Å². The monoisotopic (exact) mass is 243 g/mol. The first-order valence-corrected chi connectivity index (χ1v) is 6.23. The largest absolute Gasteiger partial charge is 0.358 e. The molecule has 2 aliphatic heterocycles. The average Bonchev–Trinajstić information content (AvgIpc) is 2.75. The SMILES string of the molecule is [B]C1([B])N(P(=O)(ON)N2C([B])([B])C2([B])[B])C1([B])[B]. The molecule has 14 heteroatoms. The van der Waals surface area contributed by atoms with E-state index in [1.54, 1.807) is 0 Å². The van der Waals surface area contributed by atoms with E-state index in [1.807, 2.05) is 0 Å². The van der Waals surface area contributed by atoms with Crippen molar-refractivity contribution in [2.75, 3.05) is 0 Å². The highest BCUT2D eigenvalue weighted by molar-refractivity contribution is 7.56. The first-order valence-electron chi connectivity index (χ1n) is 4.70. The lowest BCUT2D eigenvalue weighted by atomic mass is 9.49. The molecule has 0 saturated carbocycles. The fourth-order valence-electron chi connectivity index (χ4n) is 1.85. The van der Waals surface area contributed by atoms with Crippen molar-refractivity contribution in [2.24, 2.45) is 5.90 Å². The number of rotatable bonds is 3. The Bertz CT molecular complexity index is 390. The number of hydrogen-bond acceptors (Lipinski definition) is 3. The van der Waals surface area contributed by atoms with Crippen LogP contribution in [0.1, 0.15) is 0 Å². The van der Waals surface area contributed by atoms with Gasteiger partial charge in [-0.3, -0.25) is 4.57 Å². The van der Waals surface area contributed by atoms with Gasteiger partial charge in [-0.2, -0.15) is 0 Å². The Kier molecular flexibility index (Phi) is 2.85. The molecule has 18 heavy (non-hydrogen) atoms. The second kappa shape index (κ2) is 3.43. The zero-order valence-corrected chi connectivity index (χ0v) is 10.2. The summed E-state index contributed by atoms with van der Waals surface area (Å²) in [7, 11) is 40.2. The highest BCUT2D eigenvalue weighted by atomic mass is 31.2. The van der Waals surface area contributed by atoms with E-state index in [0.29, 0.717) is 9.34 Å². The summed E-state index contributed by atoms with van der Waals surface area (Å²) in [5, 5.41) is -7.35. The maximum atomic E-state index is 12.6. The highest BCUT2D eigenvalue weighted by Crippen LogP contribution is 2.75. The molecule has 74 valence electrons. The van der Waals surface area contributed by atoms with Crippen LogP contribution >= 0.6 is 7.67 Å². The van der Waals surface area contributed by atoms with Crippen LogP contribution in [0.4, 0.5) is 0 Å². The molecule has 0 aliphatic carbocycles. The van der Waals surface area contributed by atoms with Gasteiger partial charge in [0.05, 0.1) is 62.8 Å². The molecule has 0 bridgehead atoms. The van der Waals surface area contributed by atoms with Gasteiger partial charge in [-0.05, 0) is 21.4 Å². The predicted octanol–water partition coefficient (Wildman–Crippen LogP) is -4.42. The lowest BCUT2D eigenvalue weighted by Gasteiger charge is -2.25. The lowest BCUT2D eigenvalue weighted by molar-refractivity contribution is 0.275. The van der Waals surface area contributed by atoms with Crippen LogP contribution in [0.25, 0.3) is 0 Å². The van der Waals surface area contributed by atoms with Gasteiger partial charge in [0.15, 0.2) is 0 Å². The molecule has 2 fully saturated rings. The molecule has 0 atom stereocenters. The third-order valence-electron chi connectivity index (χ3n) is 3.23. The maximum absolute atomic E-state index is 12.6. The fraction of sp³-hybridized carbons (Fsp3) is 1.00. The van der Waals surface area contributed by atoms with Gasteiger partial charge >= 0.3 is 7.67 Å². The Morgan fingerprint density at radius 3 is 1.11 bits per heavy atom. The lowest BCUT2D eigenvalue weighted by Crippen LogP contribution is -2.26. The molecule has 2 heterocycles. The van der Waals surface area contributed by atoms with E-state index in [0.717, 1.165) is 0 Å². The van der Waals surface area contributed by atoms with E-state index in [-0.39, 0.29) is 0 Å². The third kappa shape index (κ3) is 1.40. The molecule has 2 aliphatic rings. The highest BCUT2D eigenvalue weighted by Gasteiger charge is 2.76. The van der Waals surface area contributed by atoms with Gasteiger partial charge in [-0.1, -0.05) is 0 Å². The fourth-order valence-corrected chi connectivity index (χ4v) is 4.44. The molecular weight excluding hydrogens is 240 g/mol. The van der Waals surface area contributed by atoms with E-state index >= 15 is 0 Å². The Balaban J connectivity index is 2.40. The van der Waals surface area contributed by atoms with E-state index in [4.69, 9.17) is 68.7 Å². The quantitative estimate of drug-likeness (QED) is 0.234. The first-order chi connectivity index (χ1) is 7.79. The van der Waals surface area contributed by atoms with Crippen LogP contribution in [-0.4, -0.2) is 93.5 Å². The summed E-state index contributed by atoms with van der Waals surface area (Å²) in [5.74, 6) is 4.98.